The predicted octanol–water partition coefficient (Wildman–Crippen LogP) is 2.18. The molecule has 1 heterocycles. The Morgan fingerprint density at radius 3 is 2.75 bits per heavy atom. The number of carbonyl (C=O) groups is 1. The van der Waals surface area contributed by atoms with Crippen molar-refractivity contribution in [3.8, 4) is 17.2 Å². The fraction of sp³-hybridized carbons (Fsp3) is 0.250. The van der Waals surface area contributed by atoms with Crippen molar-refractivity contribution >= 4 is 6.29 Å². The lowest BCUT2D eigenvalue weighted by Crippen LogP contribution is -2.08. The van der Waals surface area contributed by atoms with Gasteiger partial charge in [-0.15, -0.1) is 0 Å². The van der Waals surface area contributed by atoms with Gasteiger partial charge >= 0.3 is 0 Å². The molecule has 0 aromatic heterocycles. The summed E-state index contributed by atoms with van der Waals surface area (Å²) in [6.45, 7) is 5.63. The molecule has 1 atom stereocenters. The van der Waals surface area contributed by atoms with Gasteiger partial charge in [-0.3, -0.25) is 4.79 Å². The number of rotatable bonds is 4. The highest BCUT2D eigenvalue weighted by Gasteiger charge is 2.18. The van der Waals surface area contributed by atoms with Crippen LogP contribution in [0, 0.1) is 0 Å². The van der Waals surface area contributed by atoms with E-state index in [0.29, 0.717) is 22.8 Å². The Morgan fingerprint density at radius 1 is 1.44 bits per heavy atom. The second-order valence-corrected chi connectivity index (χ2v) is 3.42. The summed E-state index contributed by atoms with van der Waals surface area (Å²) in [5.41, 5.74) is 0.443. The molecule has 0 amide bonds. The fourth-order valence-electron chi connectivity index (χ4n) is 1.38. The van der Waals surface area contributed by atoms with Gasteiger partial charge in [0.1, 0.15) is 11.9 Å². The minimum Gasteiger partial charge on any atom is -0.486 e. The highest BCUT2D eigenvalue weighted by atomic mass is 16.7. The molecule has 1 aliphatic rings. The van der Waals surface area contributed by atoms with Crippen LogP contribution in [0.1, 0.15) is 17.3 Å². The monoisotopic (exact) mass is 220 g/mol. The molecule has 84 valence electrons. The van der Waals surface area contributed by atoms with Crippen LogP contribution in [0.5, 0.6) is 17.2 Å². The summed E-state index contributed by atoms with van der Waals surface area (Å²) < 4.78 is 15.9. The Kier molecular flexibility index (Phi) is 2.81. The van der Waals surface area contributed by atoms with Crippen molar-refractivity contribution in [3.63, 3.8) is 0 Å². The van der Waals surface area contributed by atoms with E-state index < -0.39 is 0 Å². The SMILES string of the molecule is C=CC(C)Oc1cc2c(cc1C=O)OCO2. The standard InChI is InChI=1S/C12H12O4/c1-3-8(2)16-10-5-12-11(14-7-15-12)4-9(10)6-13/h3-6,8H,1,7H2,2H3. The molecular formula is C12H12O4. The average molecular weight is 220 g/mol. The third-order valence-electron chi connectivity index (χ3n) is 2.28. The summed E-state index contributed by atoms with van der Waals surface area (Å²) in [7, 11) is 0. The summed E-state index contributed by atoms with van der Waals surface area (Å²) in [5.74, 6) is 1.64. The molecule has 4 nitrogen and oxygen atoms in total. The zero-order chi connectivity index (χ0) is 11.5. The van der Waals surface area contributed by atoms with Crippen LogP contribution in [0.25, 0.3) is 0 Å². The molecule has 0 saturated carbocycles. The predicted molar refractivity (Wildman–Crippen MR) is 58.2 cm³/mol. The highest BCUT2D eigenvalue weighted by molar-refractivity contribution is 5.81. The third kappa shape index (κ3) is 1.86. The number of benzene rings is 1. The maximum absolute atomic E-state index is 10.9. The van der Waals surface area contributed by atoms with Gasteiger partial charge in [-0.25, -0.2) is 0 Å². The van der Waals surface area contributed by atoms with Crippen LogP contribution in [0.15, 0.2) is 24.8 Å². The van der Waals surface area contributed by atoms with E-state index in [9.17, 15) is 4.79 Å². The van der Waals surface area contributed by atoms with Crippen LogP contribution in [0.3, 0.4) is 0 Å². The van der Waals surface area contributed by atoms with Gasteiger partial charge < -0.3 is 14.2 Å². The summed E-state index contributed by atoms with van der Waals surface area (Å²) in [6.07, 6.45) is 2.21. The first kappa shape index (κ1) is 10.5. The van der Waals surface area contributed by atoms with Crippen molar-refractivity contribution < 1.29 is 19.0 Å². The molecule has 1 aromatic rings. The molecule has 0 saturated heterocycles. The van der Waals surface area contributed by atoms with Crippen molar-refractivity contribution in [3.05, 3.63) is 30.4 Å². The van der Waals surface area contributed by atoms with Crippen molar-refractivity contribution in [1.82, 2.24) is 0 Å². The quantitative estimate of drug-likeness (QED) is 0.576. The van der Waals surface area contributed by atoms with Crippen LogP contribution >= 0.6 is 0 Å². The van der Waals surface area contributed by atoms with Gasteiger partial charge in [0, 0.05) is 6.07 Å². The van der Waals surface area contributed by atoms with Gasteiger partial charge in [0.15, 0.2) is 17.8 Å². The molecule has 0 N–H and O–H groups in total. The van der Waals surface area contributed by atoms with E-state index in [1.165, 1.54) is 0 Å². The zero-order valence-electron chi connectivity index (χ0n) is 8.93. The number of ether oxygens (including phenoxy) is 3. The molecule has 0 aliphatic carbocycles. The largest absolute Gasteiger partial charge is 0.486 e. The van der Waals surface area contributed by atoms with E-state index in [1.54, 1.807) is 18.2 Å². The zero-order valence-corrected chi connectivity index (χ0v) is 8.93. The van der Waals surface area contributed by atoms with E-state index in [1.807, 2.05) is 6.92 Å². The fourth-order valence-corrected chi connectivity index (χ4v) is 1.38. The first-order chi connectivity index (χ1) is 7.74. The topological polar surface area (TPSA) is 44.8 Å². The van der Waals surface area contributed by atoms with E-state index in [-0.39, 0.29) is 12.9 Å². The third-order valence-corrected chi connectivity index (χ3v) is 2.28. The van der Waals surface area contributed by atoms with Crippen LogP contribution in [-0.4, -0.2) is 19.2 Å². The maximum Gasteiger partial charge on any atom is 0.231 e. The van der Waals surface area contributed by atoms with Gasteiger partial charge in [-0.05, 0) is 13.0 Å². The Balaban J connectivity index is 2.35. The van der Waals surface area contributed by atoms with Crippen LogP contribution < -0.4 is 14.2 Å². The Morgan fingerprint density at radius 2 is 2.12 bits per heavy atom. The van der Waals surface area contributed by atoms with E-state index >= 15 is 0 Å². The van der Waals surface area contributed by atoms with Crippen molar-refractivity contribution in [2.24, 2.45) is 0 Å². The molecule has 2 rings (SSSR count). The van der Waals surface area contributed by atoms with E-state index in [2.05, 4.69) is 6.58 Å². The molecule has 1 aromatic carbocycles. The number of carbonyl (C=O) groups excluding carboxylic acids is 1. The summed E-state index contributed by atoms with van der Waals surface area (Å²) in [6, 6.07) is 3.27. The second-order valence-electron chi connectivity index (χ2n) is 3.42. The maximum atomic E-state index is 10.9. The minimum atomic E-state index is -0.168. The Labute approximate surface area is 93.4 Å². The first-order valence-electron chi connectivity index (χ1n) is 4.92. The van der Waals surface area contributed by atoms with Gasteiger partial charge in [-0.1, -0.05) is 12.7 Å². The van der Waals surface area contributed by atoms with Crippen molar-refractivity contribution in [2.45, 2.75) is 13.0 Å². The number of hydrogen-bond acceptors (Lipinski definition) is 4. The second kappa shape index (κ2) is 4.26. The van der Waals surface area contributed by atoms with Gasteiger partial charge in [0.2, 0.25) is 6.79 Å². The lowest BCUT2D eigenvalue weighted by Gasteiger charge is -2.12. The van der Waals surface area contributed by atoms with E-state index in [4.69, 9.17) is 14.2 Å². The molecule has 0 radical (unpaired) electrons. The Bertz CT molecular complexity index is 425. The Hall–Kier alpha value is -1.97. The number of fused-ring (bicyclic) bond motifs is 1. The molecule has 16 heavy (non-hydrogen) atoms. The molecule has 4 heteroatoms. The normalized spacial score (nSPS) is 14.3. The van der Waals surface area contributed by atoms with Crippen LogP contribution in [-0.2, 0) is 0 Å². The molecule has 1 unspecified atom stereocenters. The summed E-state index contributed by atoms with van der Waals surface area (Å²) in [4.78, 5) is 10.9. The number of aldehydes is 1. The minimum absolute atomic E-state index is 0.168. The molecule has 0 fully saturated rings. The average Bonchev–Trinajstić information content (AvgIpc) is 2.74. The van der Waals surface area contributed by atoms with Crippen LogP contribution in [0.4, 0.5) is 0 Å². The molecule has 1 aliphatic heterocycles. The summed E-state index contributed by atoms with van der Waals surface area (Å²) >= 11 is 0. The summed E-state index contributed by atoms with van der Waals surface area (Å²) in [5, 5.41) is 0. The van der Waals surface area contributed by atoms with Crippen LogP contribution in [0.2, 0.25) is 0 Å². The van der Waals surface area contributed by atoms with Crippen molar-refractivity contribution in [2.75, 3.05) is 6.79 Å². The molecule has 0 bridgehead atoms. The molecule has 0 spiro atoms. The van der Waals surface area contributed by atoms with E-state index in [0.717, 1.165) is 6.29 Å². The lowest BCUT2D eigenvalue weighted by atomic mass is 10.2. The van der Waals surface area contributed by atoms with Gasteiger partial charge in [-0.2, -0.15) is 0 Å². The molecular weight excluding hydrogens is 208 g/mol. The lowest BCUT2D eigenvalue weighted by molar-refractivity contribution is 0.111. The number of hydrogen-bond donors (Lipinski definition) is 0. The highest BCUT2D eigenvalue weighted by Crippen LogP contribution is 2.37. The first-order valence-corrected chi connectivity index (χ1v) is 4.92. The smallest absolute Gasteiger partial charge is 0.231 e. The van der Waals surface area contributed by atoms with Crippen molar-refractivity contribution in [1.29, 1.82) is 0 Å². The van der Waals surface area contributed by atoms with Gasteiger partial charge in [0.05, 0.1) is 5.56 Å². The van der Waals surface area contributed by atoms with Gasteiger partial charge in [0.25, 0.3) is 0 Å².